The zero-order valence-electron chi connectivity index (χ0n) is 11.6. The van der Waals surface area contributed by atoms with Crippen LogP contribution in [-0.4, -0.2) is 18.6 Å². The number of rotatable bonds is 6. The van der Waals surface area contributed by atoms with E-state index in [0.29, 0.717) is 18.7 Å². The lowest BCUT2D eigenvalue weighted by Gasteiger charge is -2.17. The summed E-state index contributed by atoms with van der Waals surface area (Å²) in [6, 6.07) is 13.9. The average molecular weight is 269 g/mol. The maximum atomic E-state index is 11.9. The number of fused-ring (bicyclic) bond motifs is 1. The Hall–Kier alpha value is -2.29. The van der Waals surface area contributed by atoms with Gasteiger partial charge in [-0.1, -0.05) is 43.3 Å². The Morgan fingerprint density at radius 3 is 2.75 bits per heavy atom. The molecule has 2 aromatic carbocycles. The first-order chi connectivity index (χ1) is 9.74. The lowest BCUT2D eigenvalue weighted by molar-refractivity contribution is -0.127. The molecule has 0 unspecified atom stereocenters. The van der Waals surface area contributed by atoms with E-state index in [9.17, 15) is 4.79 Å². The largest absolute Gasteiger partial charge is 0.481 e. The molecule has 0 fully saturated rings. The highest BCUT2D eigenvalue weighted by Gasteiger charge is 2.17. The molecule has 20 heavy (non-hydrogen) atoms. The van der Waals surface area contributed by atoms with Crippen LogP contribution in [0.1, 0.15) is 13.3 Å². The first kappa shape index (κ1) is 14.1. The molecule has 2 aromatic rings. The number of amides is 1. The average Bonchev–Trinajstić information content (AvgIpc) is 2.50. The topological polar surface area (TPSA) is 38.3 Å². The van der Waals surface area contributed by atoms with E-state index < -0.39 is 6.10 Å². The molecular weight excluding hydrogens is 250 g/mol. The quantitative estimate of drug-likeness (QED) is 0.817. The van der Waals surface area contributed by atoms with Gasteiger partial charge in [-0.15, -0.1) is 6.58 Å². The summed E-state index contributed by atoms with van der Waals surface area (Å²) in [5, 5.41) is 5.02. The standard InChI is InChI=1S/C17H19NO2/c1-3-11-18-17(19)16(4-2)20-15-10-9-13-7-5-6-8-14(13)12-15/h3,5-10,12,16H,1,4,11H2,2H3,(H,18,19)/t16-/m1/s1. The molecule has 0 aromatic heterocycles. The molecule has 0 bridgehead atoms. The monoisotopic (exact) mass is 269 g/mol. The molecule has 0 aliphatic rings. The summed E-state index contributed by atoms with van der Waals surface area (Å²) in [4.78, 5) is 11.9. The van der Waals surface area contributed by atoms with Crippen molar-refractivity contribution >= 4 is 16.7 Å². The third-order valence-corrected chi connectivity index (χ3v) is 3.08. The lowest BCUT2D eigenvalue weighted by atomic mass is 10.1. The minimum Gasteiger partial charge on any atom is -0.481 e. The van der Waals surface area contributed by atoms with Crippen LogP contribution in [0.5, 0.6) is 5.75 Å². The van der Waals surface area contributed by atoms with Gasteiger partial charge in [0.25, 0.3) is 5.91 Å². The van der Waals surface area contributed by atoms with Crippen molar-refractivity contribution in [2.45, 2.75) is 19.4 Å². The van der Waals surface area contributed by atoms with E-state index in [0.717, 1.165) is 10.8 Å². The first-order valence-corrected chi connectivity index (χ1v) is 6.78. The van der Waals surface area contributed by atoms with Crippen LogP contribution in [-0.2, 0) is 4.79 Å². The SMILES string of the molecule is C=CCNC(=O)[C@@H](CC)Oc1ccc2ccccc2c1. The summed E-state index contributed by atoms with van der Waals surface area (Å²) < 4.78 is 5.78. The van der Waals surface area contributed by atoms with Crippen LogP contribution in [0.3, 0.4) is 0 Å². The predicted octanol–water partition coefficient (Wildman–Crippen LogP) is 3.30. The van der Waals surface area contributed by atoms with Gasteiger partial charge >= 0.3 is 0 Å². The Morgan fingerprint density at radius 1 is 1.30 bits per heavy atom. The fraction of sp³-hybridized carbons (Fsp3) is 0.235. The number of carbonyl (C=O) groups is 1. The normalized spacial score (nSPS) is 11.8. The second kappa shape index (κ2) is 6.75. The van der Waals surface area contributed by atoms with Crippen LogP contribution < -0.4 is 10.1 Å². The molecule has 0 aliphatic heterocycles. The number of hydrogen-bond acceptors (Lipinski definition) is 2. The molecule has 3 heteroatoms. The zero-order chi connectivity index (χ0) is 14.4. The van der Waals surface area contributed by atoms with Crippen LogP contribution in [0.2, 0.25) is 0 Å². The number of benzene rings is 2. The number of hydrogen-bond donors (Lipinski definition) is 1. The minimum absolute atomic E-state index is 0.111. The molecule has 1 amide bonds. The molecule has 1 N–H and O–H groups in total. The van der Waals surface area contributed by atoms with Crippen molar-refractivity contribution in [2.75, 3.05) is 6.54 Å². The highest BCUT2D eigenvalue weighted by molar-refractivity contribution is 5.84. The van der Waals surface area contributed by atoms with Gasteiger partial charge in [-0.2, -0.15) is 0 Å². The van der Waals surface area contributed by atoms with Crippen molar-refractivity contribution in [1.82, 2.24) is 5.32 Å². The summed E-state index contributed by atoms with van der Waals surface area (Å²) in [6.07, 6.45) is 1.80. The van der Waals surface area contributed by atoms with Gasteiger partial charge < -0.3 is 10.1 Å². The van der Waals surface area contributed by atoms with E-state index in [1.807, 2.05) is 49.4 Å². The number of ether oxygens (including phenoxy) is 1. The maximum absolute atomic E-state index is 11.9. The van der Waals surface area contributed by atoms with Gasteiger partial charge in [0.05, 0.1) is 0 Å². The Labute approximate surface area is 119 Å². The van der Waals surface area contributed by atoms with Gasteiger partial charge in [-0.25, -0.2) is 0 Å². The first-order valence-electron chi connectivity index (χ1n) is 6.78. The summed E-state index contributed by atoms with van der Waals surface area (Å²) in [6.45, 7) is 5.96. The summed E-state index contributed by atoms with van der Waals surface area (Å²) in [5.41, 5.74) is 0. The molecule has 2 rings (SSSR count). The molecule has 0 saturated heterocycles. The highest BCUT2D eigenvalue weighted by Crippen LogP contribution is 2.21. The van der Waals surface area contributed by atoms with Crippen LogP contribution in [0.25, 0.3) is 10.8 Å². The van der Waals surface area contributed by atoms with Crippen LogP contribution >= 0.6 is 0 Å². The lowest BCUT2D eigenvalue weighted by Crippen LogP contribution is -2.37. The summed E-state index contributed by atoms with van der Waals surface area (Å²) in [7, 11) is 0. The Bertz CT molecular complexity index is 607. The Morgan fingerprint density at radius 2 is 2.05 bits per heavy atom. The van der Waals surface area contributed by atoms with Crippen molar-refractivity contribution in [2.24, 2.45) is 0 Å². The van der Waals surface area contributed by atoms with Gasteiger partial charge in [0.15, 0.2) is 6.10 Å². The molecule has 0 radical (unpaired) electrons. The van der Waals surface area contributed by atoms with Crippen molar-refractivity contribution < 1.29 is 9.53 Å². The highest BCUT2D eigenvalue weighted by atomic mass is 16.5. The van der Waals surface area contributed by atoms with Crippen molar-refractivity contribution in [3.05, 3.63) is 55.1 Å². The fourth-order valence-corrected chi connectivity index (χ4v) is 2.01. The second-order valence-electron chi connectivity index (χ2n) is 4.56. The van der Waals surface area contributed by atoms with E-state index in [4.69, 9.17) is 4.74 Å². The molecule has 104 valence electrons. The molecular formula is C17H19NO2. The second-order valence-corrected chi connectivity index (χ2v) is 4.56. The number of carbonyl (C=O) groups excluding carboxylic acids is 1. The number of nitrogens with one attached hydrogen (secondary N) is 1. The molecule has 1 atom stereocenters. The molecule has 0 aliphatic carbocycles. The van der Waals surface area contributed by atoms with Crippen LogP contribution in [0.4, 0.5) is 0 Å². The maximum Gasteiger partial charge on any atom is 0.261 e. The van der Waals surface area contributed by atoms with Gasteiger partial charge in [0, 0.05) is 6.54 Å². The van der Waals surface area contributed by atoms with Gasteiger partial charge in [-0.3, -0.25) is 4.79 Å². The third-order valence-electron chi connectivity index (χ3n) is 3.08. The van der Waals surface area contributed by atoms with E-state index >= 15 is 0 Å². The fourth-order valence-electron chi connectivity index (χ4n) is 2.01. The van der Waals surface area contributed by atoms with Crippen LogP contribution in [0.15, 0.2) is 55.1 Å². The Kier molecular flexibility index (Phi) is 4.77. The van der Waals surface area contributed by atoms with Crippen molar-refractivity contribution in [3.63, 3.8) is 0 Å². The molecule has 0 heterocycles. The predicted molar refractivity (Wildman–Crippen MR) is 81.9 cm³/mol. The van der Waals surface area contributed by atoms with Crippen LogP contribution in [0, 0.1) is 0 Å². The van der Waals surface area contributed by atoms with Crippen molar-refractivity contribution in [1.29, 1.82) is 0 Å². The smallest absolute Gasteiger partial charge is 0.261 e. The zero-order valence-corrected chi connectivity index (χ0v) is 11.6. The van der Waals surface area contributed by atoms with Gasteiger partial charge in [-0.05, 0) is 29.3 Å². The van der Waals surface area contributed by atoms with E-state index in [1.165, 1.54) is 0 Å². The Balaban J connectivity index is 2.12. The summed E-state index contributed by atoms with van der Waals surface area (Å²) in [5.74, 6) is 0.602. The van der Waals surface area contributed by atoms with E-state index in [1.54, 1.807) is 6.08 Å². The van der Waals surface area contributed by atoms with E-state index in [-0.39, 0.29) is 5.91 Å². The van der Waals surface area contributed by atoms with Gasteiger partial charge in [0.2, 0.25) is 0 Å². The van der Waals surface area contributed by atoms with Gasteiger partial charge in [0.1, 0.15) is 5.75 Å². The summed E-state index contributed by atoms with van der Waals surface area (Å²) >= 11 is 0. The third kappa shape index (κ3) is 3.38. The molecule has 0 spiro atoms. The van der Waals surface area contributed by atoms with E-state index in [2.05, 4.69) is 11.9 Å². The molecule has 3 nitrogen and oxygen atoms in total. The minimum atomic E-state index is -0.476. The van der Waals surface area contributed by atoms with Crippen molar-refractivity contribution in [3.8, 4) is 5.75 Å². The molecule has 0 saturated carbocycles.